The lowest BCUT2D eigenvalue weighted by Gasteiger charge is -2.29. The molecule has 0 rings (SSSR count). The fraction of sp³-hybridized carbons (Fsp3) is 0.778. The van der Waals surface area contributed by atoms with E-state index in [-0.39, 0.29) is 0 Å². The lowest BCUT2D eigenvalue weighted by atomic mass is 10.0. The van der Waals surface area contributed by atoms with Crippen molar-refractivity contribution in [2.75, 3.05) is 0 Å². The van der Waals surface area contributed by atoms with E-state index < -0.39 is 28.2 Å². The highest BCUT2D eigenvalue weighted by molar-refractivity contribution is 7.81. The molecule has 0 radical (unpaired) electrons. The number of aliphatic carboxylic acids is 1. The number of nitrogens with one attached hydrogen (secondary N) is 1. The number of carboxylic acids is 1. The first kappa shape index (κ1) is 14.2. The molecule has 0 aromatic carbocycles. The van der Waals surface area contributed by atoms with Crippen molar-refractivity contribution in [3.63, 3.8) is 0 Å². The first-order valence-electron chi connectivity index (χ1n) is 4.52. The van der Waals surface area contributed by atoms with Gasteiger partial charge in [-0.1, -0.05) is 0 Å². The van der Waals surface area contributed by atoms with E-state index >= 15 is 0 Å². The quantitative estimate of drug-likeness (QED) is 0.515. The Morgan fingerprint density at radius 1 is 1.33 bits per heavy atom. The van der Waals surface area contributed by atoms with E-state index in [0.29, 0.717) is 0 Å². The average molecular weight is 234 g/mol. The van der Waals surface area contributed by atoms with Crippen molar-refractivity contribution >= 4 is 24.5 Å². The molecular formula is C9H18N2O3S. The predicted octanol–water partition coefficient (Wildman–Crippen LogP) is 0.00150. The molecule has 0 unspecified atom stereocenters. The minimum atomic E-state index is -1.33. The van der Waals surface area contributed by atoms with Crippen molar-refractivity contribution in [2.24, 2.45) is 5.73 Å². The summed E-state index contributed by atoms with van der Waals surface area (Å²) in [7, 11) is 0. The molecule has 88 valence electrons. The first-order valence-corrected chi connectivity index (χ1v) is 4.96. The maximum atomic E-state index is 11.6. The summed E-state index contributed by atoms with van der Waals surface area (Å²) in [5.41, 5.74) is 4.29. The molecule has 0 aliphatic rings. The van der Waals surface area contributed by atoms with Gasteiger partial charge in [-0.2, -0.15) is 12.6 Å². The lowest BCUT2D eigenvalue weighted by Crippen LogP contribution is -2.58. The first-order chi connectivity index (χ1) is 6.48. The third-order valence-corrected chi connectivity index (χ3v) is 2.29. The highest BCUT2D eigenvalue weighted by atomic mass is 32.1. The summed E-state index contributed by atoms with van der Waals surface area (Å²) in [6.07, 6.45) is 0. The standard InChI is InChI=1S/C9H18N2O3S/c1-8(2,7(13)14)11-6(12)5(10)9(3,4)15/h5,15H,10H2,1-4H3,(H,11,12)(H,13,14)/t5-/m1/s1. The van der Waals surface area contributed by atoms with Gasteiger partial charge < -0.3 is 16.2 Å². The summed E-state index contributed by atoms with van der Waals surface area (Å²) < 4.78 is -0.696. The van der Waals surface area contributed by atoms with E-state index in [0.717, 1.165) is 0 Å². The Balaban J connectivity index is 4.58. The Labute approximate surface area is 94.8 Å². The van der Waals surface area contributed by atoms with Crippen LogP contribution in [0, 0.1) is 0 Å². The van der Waals surface area contributed by atoms with Gasteiger partial charge in [0.2, 0.25) is 5.91 Å². The van der Waals surface area contributed by atoms with Crippen molar-refractivity contribution in [3.8, 4) is 0 Å². The minimum Gasteiger partial charge on any atom is -0.480 e. The molecule has 0 saturated carbocycles. The number of carbonyl (C=O) groups is 2. The van der Waals surface area contributed by atoms with Gasteiger partial charge in [-0.05, 0) is 27.7 Å². The molecule has 0 saturated heterocycles. The number of hydrogen-bond acceptors (Lipinski definition) is 4. The summed E-state index contributed by atoms with van der Waals surface area (Å²) in [5, 5.41) is 11.1. The highest BCUT2D eigenvalue weighted by Gasteiger charge is 2.35. The van der Waals surface area contributed by atoms with Crippen LogP contribution in [0.1, 0.15) is 27.7 Å². The summed E-state index contributed by atoms with van der Waals surface area (Å²) >= 11 is 4.16. The SMILES string of the molecule is CC(C)(NC(=O)[C@@H](N)C(C)(C)S)C(=O)O. The van der Waals surface area contributed by atoms with Gasteiger partial charge in [0.1, 0.15) is 5.54 Å². The average Bonchev–Trinajstić information content (AvgIpc) is 2.00. The molecule has 0 fully saturated rings. The van der Waals surface area contributed by atoms with Gasteiger partial charge >= 0.3 is 5.97 Å². The van der Waals surface area contributed by atoms with Crippen LogP contribution >= 0.6 is 12.6 Å². The van der Waals surface area contributed by atoms with E-state index in [1.807, 2.05) is 0 Å². The number of carbonyl (C=O) groups excluding carboxylic acids is 1. The molecule has 1 amide bonds. The van der Waals surface area contributed by atoms with E-state index in [1.165, 1.54) is 13.8 Å². The Morgan fingerprint density at radius 2 is 1.73 bits per heavy atom. The Hall–Kier alpha value is -0.750. The number of rotatable bonds is 4. The largest absolute Gasteiger partial charge is 0.480 e. The van der Waals surface area contributed by atoms with Gasteiger partial charge in [0.15, 0.2) is 0 Å². The van der Waals surface area contributed by atoms with E-state index in [1.54, 1.807) is 13.8 Å². The second kappa shape index (κ2) is 4.40. The smallest absolute Gasteiger partial charge is 0.328 e. The zero-order valence-electron chi connectivity index (χ0n) is 9.37. The summed E-state index contributed by atoms with van der Waals surface area (Å²) in [5.74, 6) is -1.64. The van der Waals surface area contributed by atoms with Crippen LogP contribution in [0.5, 0.6) is 0 Å². The van der Waals surface area contributed by atoms with Gasteiger partial charge in [0, 0.05) is 4.75 Å². The number of thiol groups is 1. The third kappa shape index (κ3) is 4.09. The van der Waals surface area contributed by atoms with Crippen LogP contribution in [0.25, 0.3) is 0 Å². The predicted molar refractivity (Wildman–Crippen MR) is 60.9 cm³/mol. The number of amides is 1. The van der Waals surface area contributed by atoms with Gasteiger partial charge in [-0.3, -0.25) is 4.79 Å². The van der Waals surface area contributed by atoms with Gasteiger partial charge in [0.05, 0.1) is 6.04 Å². The van der Waals surface area contributed by atoms with Crippen LogP contribution in [0.3, 0.4) is 0 Å². The second-order valence-electron chi connectivity index (χ2n) is 4.55. The van der Waals surface area contributed by atoms with Crippen LogP contribution in [-0.2, 0) is 9.59 Å². The Kier molecular flexibility index (Phi) is 4.18. The molecule has 0 aliphatic heterocycles. The highest BCUT2D eigenvalue weighted by Crippen LogP contribution is 2.16. The molecule has 5 nitrogen and oxygen atoms in total. The van der Waals surface area contributed by atoms with Gasteiger partial charge in [0.25, 0.3) is 0 Å². The summed E-state index contributed by atoms with van der Waals surface area (Å²) in [6, 6.07) is -0.862. The molecular weight excluding hydrogens is 216 g/mol. The Morgan fingerprint density at radius 3 is 2.00 bits per heavy atom. The monoisotopic (exact) mass is 234 g/mol. The van der Waals surface area contributed by atoms with Crippen LogP contribution in [-0.4, -0.2) is 33.3 Å². The minimum absolute atomic E-state index is 0.526. The molecule has 0 heterocycles. The van der Waals surface area contributed by atoms with Gasteiger partial charge in [-0.15, -0.1) is 0 Å². The fourth-order valence-electron chi connectivity index (χ4n) is 0.760. The van der Waals surface area contributed by atoms with Crippen LogP contribution in [0.4, 0.5) is 0 Å². The molecule has 0 bridgehead atoms. The number of nitrogens with two attached hydrogens (primary N) is 1. The molecule has 0 aromatic heterocycles. The number of carboxylic acid groups (broad SMARTS) is 1. The molecule has 4 N–H and O–H groups in total. The van der Waals surface area contributed by atoms with Crippen molar-refractivity contribution in [3.05, 3.63) is 0 Å². The molecule has 6 heteroatoms. The van der Waals surface area contributed by atoms with Crippen LogP contribution in [0.15, 0.2) is 0 Å². The topological polar surface area (TPSA) is 92.4 Å². The Bertz CT molecular complexity index is 271. The van der Waals surface area contributed by atoms with E-state index in [9.17, 15) is 9.59 Å². The zero-order chi connectivity index (χ0) is 12.4. The zero-order valence-corrected chi connectivity index (χ0v) is 10.3. The van der Waals surface area contributed by atoms with E-state index in [4.69, 9.17) is 10.8 Å². The molecule has 0 aliphatic carbocycles. The molecule has 0 aromatic rings. The summed E-state index contributed by atoms with van der Waals surface area (Å²) in [4.78, 5) is 22.3. The second-order valence-corrected chi connectivity index (χ2v) is 5.70. The molecule has 0 spiro atoms. The van der Waals surface area contributed by atoms with Crippen molar-refractivity contribution < 1.29 is 14.7 Å². The van der Waals surface area contributed by atoms with Crippen LogP contribution in [0.2, 0.25) is 0 Å². The molecule has 15 heavy (non-hydrogen) atoms. The third-order valence-electron chi connectivity index (χ3n) is 2.01. The maximum absolute atomic E-state index is 11.6. The van der Waals surface area contributed by atoms with Crippen molar-refractivity contribution in [1.82, 2.24) is 5.32 Å². The van der Waals surface area contributed by atoms with Crippen molar-refractivity contribution in [2.45, 2.75) is 44.0 Å². The van der Waals surface area contributed by atoms with Crippen LogP contribution < -0.4 is 11.1 Å². The van der Waals surface area contributed by atoms with Gasteiger partial charge in [-0.25, -0.2) is 4.79 Å². The van der Waals surface area contributed by atoms with E-state index in [2.05, 4.69) is 17.9 Å². The lowest BCUT2D eigenvalue weighted by molar-refractivity contribution is -0.146. The van der Waals surface area contributed by atoms with Crippen molar-refractivity contribution in [1.29, 1.82) is 0 Å². The maximum Gasteiger partial charge on any atom is 0.328 e. The fourth-order valence-corrected chi connectivity index (χ4v) is 0.877. The molecule has 1 atom stereocenters. The summed E-state index contributed by atoms with van der Waals surface area (Å²) in [6.45, 7) is 6.17. The normalized spacial score (nSPS) is 14.5. The number of hydrogen-bond donors (Lipinski definition) is 4.